The van der Waals surface area contributed by atoms with E-state index in [1.807, 2.05) is 18.2 Å². The highest BCUT2D eigenvalue weighted by molar-refractivity contribution is 6.39. The quantitative estimate of drug-likeness (QED) is 0.700. The Labute approximate surface area is 191 Å². The smallest absolute Gasteiger partial charge is 0.244 e. The number of amides is 2. The zero-order valence-electron chi connectivity index (χ0n) is 17.2. The highest BCUT2D eigenvalue weighted by Gasteiger charge is 2.45. The Bertz CT molecular complexity index is 985. The maximum atomic E-state index is 13.6. The molecule has 2 aromatic rings. The zero-order chi connectivity index (χ0) is 22.0. The summed E-state index contributed by atoms with van der Waals surface area (Å²) >= 11 is 12.3. The topological polar surface area (TPSA) is 67.9 Å². The van der Waals surface area contributed by atoms with Crippen LogP contribution in [-0.4, -0.2) is 43.5 Å². The number of nitrogens with zero attached hydrogens (tertiary/aromatic N) is 1. The van der Waals surface area contributed by atoms with Gasteiger partial charge in [0.05, 0.1) is 27.7 Å². The summed E-state index contributed by atoms with van der Waals surface area (Å²) in [5.41, 5.74) is 0.576. The molecule has 0 aromatic heterocycles. The number of likely N-dealkylation sites (N-methyl/N-ethyl adjacent to an activating group) is 1. The molecule has 2 amide bonds. The lowest BCUT2D eigenvalue weighted by Crippen LogP contribution is -2.46. The Balaban J connectivity index is 1.52. The standard InChI is InChI=1S/C23H24Cl2N2O4/c1-27(14-20(28)26-21-16(24)5-4-6-17(21)25)22(29)23(9-2-3-10-23)15-7-8-18-19(13-15)31-12-11-30-18/h4-8,13H,2-3,9-12,14H2,1H3,(H,26,28). The van der Waals surface area contributed by atoms with Gasteiger partial charge in [-0.25, -0.2) is 0 Å². The predicted molar refractivity (Wildman–Crippen MR) is 120 cm³/mol. The van der Waals surface area contributed by atoms with E-state index in [9.17, 15) is 9.59 Å². The molecule has 1 aliphatic heterocycles. The van der Waals surface area contributed by atoms with Crippen LogP contribution in [0.2, 0.25) is 10.0 Å². The van der Waals surface area contributed by atoms with Crippen molar-refractivity contribution in [3.63, 3.8) is 0 Å². The number of para-hydroxylation sites is 1. The van der Waals surface area contributed by atoms with Gasteiger partial charge in [0.25, 0.3) is 0 Å². The average Bonchev–Trinajstić information content (AvgIpc) is 3.26. The van der Waals surface area contributed by atoms with Crippen LogP contribution in [0.3, 0.4) is 0 Å². The van der Waals surface area contributed by atoms with Gasteiger partial charge < -0.3 is 19.7 Å². The zero-order valence-corrected chi connectivity index (χ0v) is 18.8. The number of fused-ring (bicyclic) bond motifs is 1. The van der Waals surface area contributed by atoms with E-state index in [2.05, 4.69) is 5.32 Å². The number of nitrogens with one attached hydrogen (secondary N) is 1. The number of rotatable bonds is 5. The summed E-state index contributed by atoms with van der Waals surface area (Å²) in [4.78, 5) is 27.7. The number of ether oxygens (including phenoxy) is 2. The lowest BCUT2D eigenvalue weighted by Gasteiger charge is -2.33. The summed E-state index contributed by atoms with van der Waals surface area (Å²) in [6.45, 7) is 0.901. The number of carbonyl (C=O) groups excluding carboxylic acids is 2. The fourth-order valence-electron chi connectivity index (χ4n) is 4.39. The fraction of sp³-hybridized carbons (Fsp3) is 0.391. The second kappa shape index (κ2) is 8.97. The van der Waals surface area contributed by atoms with Crippen molar-refractivity contribution in [3.05, 3.63) is 52.0 Å². The average molecular weight is 463 g/mol. The minimum absolute atomic E-state index is 0.0814. The van der Waals surface area contributed by atoms with Gasteiger partial charge in [0.2, 0.25) is 11.8 Å². The number of carbonyl (C=O) groups is 2. The largest absolute Gasteiger partial charge is 0.486 e. The summed E-state index contributed by atoms with van der Waals surface area (Å²) < 4.78 is 11.3. The minimum Gasteiger partial charge on any atom is -0.486 e. The van der Waals surface area contributed by atoms with E-state index < -0.39 is 5.41 Å². The van der Waals surface area contributed by atoms with E-state index in [0.29, 0.717) is 40.4 Å². The Morgan fingerprint density at radius 1 is 1.03 bits per heavy atom. The molecule has 31 heavy (non-hydrogen) atoms. The third-order valence-electron chi connectivity index (χ3n) is 5.92. The molecule has 1 N–H and O–H groups in total. The monoisotopic (exact) mass is 462 g/mol. The van der Waals surface area contributed by atoms with Crippen molar-refractivity contribution in [2.75, 3.05) is 32.1 Å². The van der Waals surface area contributed by atoms with Crippen LogP contribution in [0, 0.1) is 0 Å². The van der Waals surface area contributed by atoms with Crippen molar-refractivity contribution in [1.82, 2.24) is 4.90 Å². The molecule has 0 spiro atoms. The normalized spacial score (nSPS) is 16.6. The van der Waals surface area contributed by atoms with Gasteiger partial charge in [-0.05, 0) is 42.7 Å². The molecule has 6 nitrogen and oxygen atoms in total. The molecule has 8 heteroatoms. The van der Waals surface area contributed by atoms with E-state index in [0.717, 1.165) is 31.2 Å². The van der Waals surface area contributed by atoms with E-state index in [1.165, 1.54) is 4.90 Å². The number of benzene rings is 2. The van der Waals surface area contributed by atoms with E-state index in [1.54, 1.807) is 25.2 Å². The molecule has 1 saturated carbocycles. The van der Waals surface area contributed by atoms with Crippen LogP contribution in [0.15, 0.2) is 36.4 Å². The van der Waals surface area contributed by atoms with Gasteiger partial charge in [-0.3, -0.25) is 9.59 Å². The molecule has 0 unspecified atom stereocenters. The number of halogens is 2. The molecule has 4 rings (SSSR count). The van der Waals surface area contributed by atoms with Gasteiger partial charge in [-0.1, -0.05) is 48.2 Å². The lowest BCUT2D eigenvalue weighted by atomic mass is 9.77. The molecule has 1 aliphatic carbocycles. The second-order valence-corrected chi connectivity index (χ2v) is 8.77. The molecule has 0 atom stereocenters. The molecule has 1 fully saturated rings. The Hall–Kier alpha value is -2.44. The van der Waals surface area contributed by atoms with Crippen LogP contribution in [0.1, 0.15) is 31.2 Å². The molecule has 0 saturated heterocycles. The first-order valence-corrected chi connectivity index (χ1v) is 11.1. The molecule has 1 heterocycles. The van der Waals surface area contributed by atoms with Crippen molar-refractivity contribution >= 4 is 40.7 Å². The minimum atomic E-state index is -0.674. The van der Waals surface area contributed by atoms with Crippen molar-refractivity contribution in [1.29, 1.82) is 0 Å². The number of anilines is 1. The highest BCUT2D eigenvalue weighted by atomic mass is 35.5. The molecular formula is C23H24Cl2N2O4. The first kappa shape index (κ1) is 21.8. The van der Waals surface area contributed by atoms with Crippen molar-refractivity contribution in [2.45, 2.75) is 31.1 Å². The van der Waals surface area contributed by atoms with Crippen LogP contribution >= 0.6 is 23.2 Å². The number of hydrogen-bond donors (Lipinski definition) is 1. The van der Waals surface area contributed by atoms with Crippen molar-refractivity contribution in [3.8, 4) is 11.5 Å². The summed E-state index contributed by atoms with van der Waals surface area (Å²) in [5.74, 6) is 0.916. The summed E-state index contributed by atoms with van der Waals surface area (Å²) in [5, 5.41) is 3.41. The summed E-state index contributed by atoms with van der Waals surface area (Å²) in [6.07, 6.45) is 3.37. The fourth-order valence-corrected chi connectivity index (χ4v) is 4.89. The summed E-state index contributed by atoms with van der Waals surface area (Å²) in [6, 6.07) is 10.7. The van der Waals surface area contributed by atoms with E-state index >= 15 is 0 Å². The van der Waals surface area contributed by atoms with Crippen LogP contribution in [0.5, 0.6) is 11.5 Å². The van der Waals surface area contributed by atoms with Crippen molar-refractivity contribution in [2.24, 2.45) is 0 Å². The van der Waals surface area contributed by atoms with Crippen LogP contribution in [-0.2, 0) is 15.0 Å². The maximum Gasteiger partial charge on any atom is 0.244 e. The Kier molecular flexibility index (Phi) is 6.30. The van der Waals surface area contributed by atoms with Crippen LogP contribution in [0.4, 0.5) is 5.69 Å². The van der Waals surface area contributed by atoms with Crippen LogP contribution < -0.4 is 14.8 Å². The molecule has 0 radical (unpaired) electrons. The van der Waals surface area contributed by atoms with Gasteiger partial charge in [0.15, 0.2) is 11.5 Å². The SMILES string of the molecule is CN(CC(=O)Nc1c(Cl)cccc1Cl)C(=O)C1(c2ccc3c(c2)OCCO3)CCCC1. The Morgan fingerprint density at radius 3 is 2.35 bits per heavy atom. The maximum absolute atomic E-state index is 13.6. The summed E-state index contributed by atoms with van der Waals surface area (Å²) in [7, 11) is 1.65. The first-order valence-electron chi connectivity index (χ1n) is 10.3. The van der Waals surface area contributed by atoms with Gasteiger partial charge in [-0.2, -0.15) is 0 Å². The van der Waals surface area contributed by atoms with Crippen molar-refractivity contribution < 1.29 is 19.1 Å². The van der Waals surface area contributed by atoms with Gasteiger partial charge in [0.1, 0.15) is 13.2 Å². The van der Waals surface area contributed by atoms with Gasteiger partial charge >= 0.3 is 0 Å². The first-order chi connectivity index (χ1) is 14.9. The van der Waals surface area contributed by atoms with E-state index in [-0.39, 0.29) is 18.4 Å². The highest BCUT2D eigenvalue weighted by Crippen LogP contribution is 2.45. The lowest BCUT2D eigenvalue weighted by molar-refractivity contribution is -0.138. The molecular weight excluding hydrogens is 439 g/mol. The van der Waals surface area contributed by atoms with E-state index in [4.69, 9.17) is 32.7 Å². The van der Waals surface area contributed by atoms with Crippen LogP contribution in [0.25, 0.3) is 0 Å². The third kappa shape index (κ3) is 4.32. The van der Waals surface area contributed by atoms with Gasteiger partial charge in [-0.15, -0.1) is 0 Å². The molecule has 2 aromatic carbocycles. The Morgan fingerprint density at radius 2 is 1.68 bits per heavy atom. The third-order valence-corrected chi connectivity index (χ3v) is 6.55. The second-order valence-electron chi connectivity index (χ2n) is 7.95. The molecule has 164 valence electrons. The predicted octanol–water partition coefficient (Wildman–Crippen LogP) is 4.67. The van der Waals surface area contributed by atoms with Gasteiger partial charge in [0, 0.05) is 7.05 Å². The number of hydrogen-bond acceptors (Lipinski definition) is 4. The molecule has 0 bridgehead atoms. The molecule has 2 aliphatic rings.